The largest absolute Gasteiger partial charge is 0.420 e. The molecular weight excluding hydrogens is 236 g/mol. The van der Waals surface area contributed by atoms with Crippen LogP contribution in [0.5, 0.6) is 0 Å². The van der Waals surface area contributed by atoms with E-state index in [1.165, 1.54) is 50.2 Å². The van der Waals surface area contributed by atoms with Crippen molar-refractivity contribution < 1.29 is 4.43 Å². The maximum atomic E-state index is 6.08. The summed E-state index contributed by atoms with van der Waals surface area (Å²) in [5.74, 6) is 2.83. The first-order chi connectivity index (χ1) is 8.73. The average molecular weight is 267 g/mol. The van der Waals surface area contributed by atoms with E-state index in [9.17, 15) is 0 Å². The smallest absolute Gasteiger partial charge is 0.192 e. The predicted octanol–water partition coefficient (Wildman–Crippen LogP) is 5.00. The van der Waals surface area contributed by atoms with Crippen molar-refractivity contribution in [3.8, 4) is 0 Å². The molecule has 0 heterocycles. The topological polar surface area (TPSA) is 9.23 Å². The van der Waals surface area contributed by atoms with Crippen LogP contribution in [-0.2, 0) is 4.43 Å². The number of rotatable bonds is 8. The minimum absolute atomic E-state index is 0.918. The Morgan fingerprint density at radius 1 is 1.06 bits per heavy atom. The molecule has 18 heavy (non-hydrogen) atoms. The molecule has 3 atom stereocenters. The zero-order valence-corrected chi connectivity index (χ0v) is 13.5. The molecular formula is C16H30OSi. The third kappa shape index (κ3) is 3.08. The van der Waals surface area contributed by atoms with Crippen molar-refractivity contribution in [3.05, 3.63) is 12.2 Å². The first kappa shape index (κ1) is 14.3. The molecule has 0 aromatic heterocycles. The van der Waals surface area contributed by atoms with Gasteiger partial charge >= 0.3 is 0 Å². The highest BCUT2D eigenvalue weighted by Crippen LogP contribution is 2.46. The fourth-order valence-corrected chi connectivity index (χ4v) is 8.35. The Morgan fingerprint density at radius 3 is 2.22 bits per heavy atom. The first-order valence-corrected chi connectivity index (χ1v) is 10.5. The monoisotopic (exact) mass is 266 g/mol. The van der Waals surface area contributed by atoms with Crippen LogP contribution in [0.3, 0.4) is 0 Å². The maximum Gasteiger partial charge on any atom is 0.192 e. The van der Waals surface area contributed by atoms with Crippen molar-refractivity contribution in [1.29, 1.82) is 0 Å². The van der Waals surface area contributed by atoms with Crippen LogP contribution in [0.1, 0.15) is 46.0 Å². The molecule has 0 aromatic carbocycles. The molecule has 0 saturated heterocycles. The highest BCUT2D eigenvalue weighted by molar-refractivity contribution is 6.73. The SMILES string of the molecule is CCC[Si](CCC)(CCC1CC2C=CC1C2)OC. The van der Waals surface area contributed by atoms with Gasteiger partial charge in [0.15, 0.2) is 8.32 Å². The maximum absolute atomic E-state index is 6.08. The quantitative estimate of drug-likeness (QED) is 0.444. The lowest BCUT2D eigenvalue weighted by Gasteiger charge is -2.31. The molecule has 0 aliphatic heterocycles. The summed E-state index contributed by atoms with van der Waals surface area (Å²) >= 11 is 0. The van der Waals surface area contributed by atoms with Crippen molar-refractivity contribution >= 4 is 8.32 Å². The molecule has 104 valence electrons. The van der Waals surface area contributed by atoms with Gasteiger partial charge in [0.2, 0.25) is 0 Å². The van der Waals surface area contributed by atoms with Crippen molar-refractivity contribution in [2.45, 2.75) is 64.1 Å². The van der Waals surface area contributed by atoms with Crippen LogP contribution >= 0.6 is 0 Å². The van der Waals surface area contributed by atoms with E-state index in [-0.39, 0.29) is 0 Å². The Morgan fingerprint density at radius 2 is 1.78 bits per heavy atom. The van der Waals surface area contributed by atoms with Gasteiger partial charge in [0, 0.05) is 7.11 Å². The van der Waals surface area contributed by atoms with E-state index in [1.54, 1.807) is 0 Å². The Labute approximate surface area is 114 Å². The van der Waals surface area contributed by atoms with Gasteiger partial charge in [0.05, 0.1) is 0 Å². The van der Waals surface area contributed by atoms with Crippen LogP contribution in [0.15, 0.2) is 12.2 Å². The summed E-state index contributed by atoms with van der Waals surface area (Å²) in [6.45, 7) is 4.63. The van der Waals surface area contributed by atoms with Gasteiger partial charge < -0.3 is 4.43 Å². The van der Waals surface area contributed by atoms with E-state index in [2.05, 4.69) is 26.0 Å². The summed E-state index contributed by atoms with van der Waals surface area (Å²) in [5, 5.41) is 0. The molecule has 2 aliphatic carbocycles. The number of fused-ring (bicyclic) bond motifs is 2. The second kappa shape index (κ2) is 6.38. The molecule has 0 radical (unpaired) electrons. The summed E-state index contributed by atoms with van der Waals surface area (Å²) in [4.78, 5) is 0. The summed E-state index contributed by atoms with van der Waals surface area (Å²) in [5.41, 5.74) is 0. The molecule has 1 fully saturated rings. The molecule has 2 rings (SSSR count). The van der Waals surface area contributed by atoms with Crippen LogP contribution < -0.4 is 0 Å². The van der Waals surface area contributed by atoms with Gasteiger partial charge in [-0.05, 0) is 48.7 Å². The van der Waals surface area contributed by atoms with Gasteiger partial charge in [-0.1, -0.05) is 45.3 Å². The van der Waals surface area contributed by atoms with Crippen LogP contribution in [0.2, 0.25) is 18.1 Å². The van der Waals surface area contributed by atoms with Gasteiger partial charge in [0.1, 0.15) is 0 Å². The van der Waals surface area contributed by atoms with E-state index in [0.29, 0.717) is 0 Å². The summed E-state index contributed by atoms with van der Waals surface area (Å²) in [6.07, 6.45) is 11.9. The lowest BCUT2D eigenvalue weighted by molar-refractivity contribution is 0.368. The van der Waals surface area contributed by atoms with Gasteiger partial charge in [-0.3, -0.25) is 0 Å². The second-order valence-electron chi connectivity index (χ2n) is 6.47. The Hall–Kier alpha value is -0.0831. The highest BCUT2D eigenvalue weighted by Gasteiger charge is 2.38. The van der Waals surface area contributed by atoms with Gasteiger partial charge in [-0.15, -0.1) is 0 Å². The lowest BCUT2D eigenvalue weighted by Crippen LogP contribution is -2.37. The van der Waals surface area contributed by atoms with E-state index in [1.807, 2.05) is 7.11 Å². The standard InChI is InChI=1S/C16H30OSi/c1-4-9-18(17-3,10-5-2)11-8-16-13-14-6-7-15(16)12-14/h6-7,14-16H,4-5,8-13H2,1-3H3. The molecule has 2 aliphatic rings. The van der Waals surface area contributed by atoms with Gasteiger partial charge in [-0.2, -0.15) is 0 Å². The summed E-state index contributed by atoms with van der Waals surface area (Å²) < 4.78 is 6.08. The fourth-order valence-electron chi connectivity index (χ4n) is 4.27. The second-order valence-corrected chi connectivity index (χ2v) is 10.7. The lowest BCUT2D eigenvalue weighted by atomic mass is 9.91. The fraction of sp³-hybridized carbons (Fsp3) is 0.875. The summed E-state index contributed by atoms with van der Waals surface area (Å²) in [6, 6.07) is 4.15. The third-order valence-electron chi connectivity index (χ3n) is 5.23. The number of hydrogen-bond donors (Lipinski definition) is 0. The van der Waals surface area contributed by atoms with E-state index in [0.717, 1.165) is 17.8 Å². The Kier molecular flexibility index (Phi) is 5.08. The Balaban J connectivity index is 1.86. The van der Waals surface area contributed by atoms with Crippen LogP contribution in [0, 0.1) is 17.8 Å². The van der Waals surface area contributed by atoms with Crippen LogP contribution in [-0.4, -0.2) is 15.4 Å². The van der Waals surface area contributed by atoms with E-state index < -0.39 is 8.32 Å². The van der Waals surface area contributed by atoms with Crippen LogP contribution in [0.25, 0.3) is 0 Å². The molecule has 2 bridgehead atoms. The zero-order valence-electron chi connectivity index (χ0n) is 12.5. The molecule has 1 nitrogen and oxygen atoms in total. The normalized spacial score (nSPS) is 30.3. The van der Waals surface area contributed by atoms with Crippen molar-refractivity contribution in [2.24, 2.45) is 17.8 Å². The molecule has 0 aromatic rings. The summed E-state index contributed by atoms with van der Waals surface area (Å²) in [7, 11) is 0.596. The van der Waals surface area contributed by atoms with E-state index >= 15 is 0 Å². The van der Waals surface area contributed by atoms with Gasteiger partial charge in [-0.25, -0.2) is 0 Å². The van der Waals surface area contributed by atoms with Gasteiger partial charge in [0.25, 0.3) is 0 Å². The number of hydrogen-bond acceptors (Lipinski definition) is 1. The highest BCUT2D eigenvalue weighted by atomic mass is 28.4. The average Bonchev–Trinajstić information content (AvgIpc) is 2.98. The van der Waals surface area contributed by atoms with Crippen molar-refractivity contribution in [2.75, 3.05) is 7.11 Å². The third-order valence-corrected chi connectivity index (χ3v) is 10.1. The van der Waals surface area contributed by atoms with Crippen molar-refractivity contribution in [1.82, 2.24) is 0 Å². The molecule has 1 saturated carbocycles. The minimum Gasteiger partial charge on any atom is -0.420 e. The molecule has 0 amide bonds. The molecule has 2 heteroatoms. The van der Waals surface area contributed by atoms with Crippen LogP contribution in [0.4, 0.5) is 0 Å². The minimum atomic E-state index is -1.39. The zero-order chi connectivity index (χ0) is 13.0. The molecule has 0 N–H and O–H groups in total. The number of allylic oxidation sites excluding steroid dienone is 2. The molecule has 0 spiro atoms. The van der Waals surface area contributed by atoms with E-state index in [4.69, 9.17) is 4.43 Å². The molecule has 3 unspecified atom stereocenters. The predicted molar refractivity (Wildman–Crippen MR) is 81.2 cm³/mol. The van der Waals surface area contributed by atoms with Crippen molar-refractivity contribution in [3.63, 3.8) is 0 Å². The Bertz CT molecular complexity index is 281. The first-order valence-electron chi connectivity index (χ1n) is 7.96.